The van der Waals surface area contributed by atoms with Gasteiger partial charge in [-0.1, -0.05) is 55.8 Å². The zero-order chi connectivity index (χ0) is 19.6. The second-order valence-corrected chi connectivity index (χ2v) is 7.15. The molecule has 0 fully saturated rings. The van der Waals surface area contributed by atoms with Gasteiger partial charge in [0.15, 0.2) is 5.82 Å². The van der Waals surface area contributed by atoms with E-state index in [1.165, 1.54) is 21.5 Å². The van der Waals surface area contributed by atoms with Crippen molar-refractivity contribution in [2.45, 2.75) is 26.2 Å². The molecule has 28 heavy (non-hydrogen) atoms. The highest BCUT2D eigenvalue weighted by Crippen LogP contribution is 2.33. The van der Waals surface area contributed by atoms with E-state index in [2.05, 4.69) is 77.3 Å². The summed E-state index contributed by atoms with van der Waals surface area (Å²) in [5.41, 5.74) is 3.67. The summed E-state index contributed by atoms with van der Waals surface area (Å²) in [6.07, 6.45) is 6.31. The Morgan fingerprint density at radius 1 is 0.786 bits per heavy atom. The van der Waals surface area contributed by atoms with Crippen LogP contribution in [0.2, 0.25) is 0 Å². The number of hydrogen-bond donors (Lipinski definition) is 0. The molecule has 2 heterocycles. The lowest BCUT2D eigenvalue weighted by Crippen LogP contribution is -2.18. The Morgan fingerprint density at radius 2 is 1.39 bits per heavy atom. The molecule has 0 aliphatic rings. The molecule has 6 heteroatoms. The van der Waals surface area contributed by atoms with Crippen molar-refractivity contribution in [3.63, 3.8) is 0 Å². The van der Waals surface area contributed by atoms with Crippen LogP contribution in [-0.2, 0) is 5.41 Å². The first kappa shape index (κ1) is 17.9. The van der Waals surface area contributed by atoms with Gasteiger partial charge in [0.2, 0.25) is 5.88 Å². The lowest BCUT2D eigenvalue weighted by molar-refractivity contribution is 0.458. The summed E-state index contributed by atoms with van der Waals surface area (Å²) in [6, 6.07) is 16.8. The topological polar surface area (TPSA) is 65.7 Å². The molecule has 0 saturated heterocycles. The fourth-order valence-electron chi connectivity index (χ4n) is 3.00. The third-order valence-corrected chi connectivity index (χ3v) is 4.81. The molecule has 0 radical (unpaired) electrons. The first-order valence-electron chi connectivity index (χ1n) is 9.07. The van der Waals surface area contributed by atoms with Crippen LogP contribution in [0.1, 0.15) is 30.5 Å². The molecule has 2 aromatic carbocycles. The van der Waals surface area contributed by atoms with Gasteiger partial charge in [-0.25, -0.2) is 9.97 Å². The van der Waals surface area contributed by atoms with Crippen molar-refractivity contribution in [1.29, 1.82) is 0 Å². The first-order chi connectivity index (χ1) is 13.5. The third kappa shape index (κ3) is 3.62. The fraction of sp³-hybridized carbons (Fsp3) is 0.182. The van der Waals surface area contributed by atoms with E-state index in [1.54, 1.807) is 24.8 Å². The molecule has 4 aromatic rings. The zero-order valence-corrected chi connectivity index (χ0v) is 16.1. The molecular formula is C22H21N5O. The molecule has 140 valence electrons. The first-order valence-corrected chi connectivity index (χ1v) is 9.07. The van der Waals surface area contributed by atoms with Crippen molar-refractivity contribution in [2.24, 2.45) is 0 Å². The van der Waals surface area contributed by atoms with Crippen molar-refractivity contribution in [1.82, 2.24) is 25.0 Å². The van der Waals surface area contributed by atoms with E-state index >= 15 is 0 Å². The highest BCUT2D eigenvalue weighted by atomic mass is 16.5. The van der Waals surface area contributed by atoms with Gasteiger partial charge in [0.25, 0.3) is 0 Å². The maximum Gasteiger partial charge on any atom is 0.237 e. The Bertz CT molecular complexity index is 1040. The Balaban J connectivity index is 1.49. The summed E-state index contributed by atoms with van der Waals surface area (Å²) in [6.45, 7) is 6.55. The van der Waals surface area contributed by atoms with Crippen LogP contribution >= 0.6 is 0 Å². The number of hydrogen-bond acceptors (Lipinski definition) is 5. The maximum absolute atomic E-state index is 5.82. The number of aryl methyl sites for hydroxylation is 1. The van der Waals surface area contributed by atoms with Gasteiger partial charge in [-0.2, -0.15) is 10.2 Å². The van der Waals surface area contributed by atoms with Crippen LogP contribution < -0.4 is 4.74 Å². The van der Waals surface area contributed by atoms with Crippen molar-refractivity contribution in [2.75, 3.05) is 0 Å². The molecule has 0 N–H and O–H groups in total. The minimum Gasteiger partial charge on any atom is -0.438 e. The molecule has 0 spiro atoms. The molecule has 0 aliphatic carbocycles. The van der Waals surface area contributed by atoms with Crippen LogP contribution in [0.25, 0.3) is 5.82 Å². The van der Waals surface area contributed by atoms with Gasteiger partial charge in [0.1, 0.15) is 5.75 Å². The molecule has 0 bridgehead atoms. The molecule has 0 saturated carbocycles. The van der Waals surface area contributed by atoms with E-state index in [4.69, 9.17) is 4.74 Å². The Kier molecular flexibility index (Phi) is 4.61. The average molecular weight is 371 g/mol. The molecule has 2 aromatic heterocycles. The highest BCUT2D eigenvalue weighted by molar-refractivity contribution is 5.41. The van der Waals surface area contributed by atoms with E-state index in [0.717, 1.165) is 0 Å². The predicted octanol–water partition coefficient (Wildman–Crippen LogP) is 4.48. The van der Waals surface area contributed by atoms with Crippen LogP contribution in [-0.4, -0.2) is 25.0 Å². The number of ether oxygens (including phenoxy) is 1. The van der Waals surface area contributed by atoms with Crippen molar-refractivity contribution in [3.05, 3.63) is 90.0 Å². The van der Waals surface area contributed by atoms with Crippen LogP contribution in [0.15, 0.2) is 73.3 Å². The van der Waals surface area contributed by atoms with Crippen molar-refractivity contribution >= 4 is 0 Å². The molecule has 0 unspecified atom stereocenters. The van der Waals surface area contributed by atoms with Crippen LogP contribution in [0, 0.1) is 6.92 Å². The molecule has 0 atom stereocenters. The summed E-state index contributed by atoms with van der Waals surface area (Å²) in [4.78, 5) is 9.94. The second-order valence-electron chi connectivity index (χ2n) is 7.15. The average Bonchev–Trinajstić information content (AvgIpc) is 3.24. The van der Waals surface area contributed by atoms with E-state index in [1.807, 2.05) is 12.1 Å². The van der Waals surface area contributed by atoms with Gasteiger partial charge in [0.05, 0.1) is 24.8 Å². The summed E-state index contributed by atoms with van der Waals surface area (Å²) in [7, 11) is 0. The Hall–Kier alpha value is -3.54. The van der Waals surface area contributed by atoms with E-state index < -0.39 is 0 Å². The number of nitrogens with zero attached hydrogens (tertiary/aromatic N) is 5. The fourth-order valence-corrected chi connectivity index (χ4v) is 3.00. The third-order valence-electron chi connectivity index (χ3n) is 4.81. The van der Waals surface area contributed by atoms with Gasteiger partial charge in [-0.3, -0.25) is 0 Å². The van der Waals surface area contributed by atoms with Gasteiger partial charge in [0, 0.05) is 5.41 Å². The SMILES string of the molecule is Cc1ccc(C(C)(C)c2ccc(Oc3cnc(-n4nccn4)cn3)cc2)cc1. The Labute approximate surface area is 163 Å². The monoisotopic (exact) mass is 371 g/mol. The van der Waals surface area contributed by atoms with E-state index in [-0.39, 0.29) is 5.41 Å². The summed E-state index contributed by atoms with van der Waals surface area (Å²) in [5, 5.41) is 8.05. The second kappa shape index (κ2) is 7.23. The van der Waals surface area contributed by atoms with Crippen LogP contribution in [0.5, 0.6) is 11.6 Å². The molecule has 0 aliphatic heterocycles. The largest absolute Gasteiger partial charge is 0.438 e. The minimum absolute atomic E-state index is 0.0928. The highest BCUT2D eigenvalue weighted by Gasteiger charge is 2.22. The zero-order valence-electron chi connectivity index (χ0n) is 16.1. The van der Waals surface area contributed by atoms with Gasteiger partial charge in [-0.05, 0) is 30.2 Å². The number of benzene rings is 2. The molecule has 6 nitrogen and oxygen atoms in total. The number of rotatable bonds is 5. The van der Waals surface area contributed by atoms with Crippen LogP contribution in [0.3, 0.4) is 0 Å². The standard InChI is InChI=1S/C22H21N5O/c1-16-4-6-17(7-5-16)22(2,3)18-8-10-19(11-9-18)28-21-15-23-20(14-24-21)27-25-12-13-26-27/h4-15H,1-3H3. The minimum atomic E-state index is -0.0928. The maximum atomic E-state index is 5.82. The normalized spacial score (nSPS) is 11.4. The Morgan fingerprint density at radius 3 is 1.96 bits per heavy atom. The summed E-state index contributed by atoms with van der Waals surface area (Å²) in [5.74, 6) is 1.66. The number of aromatic nitrogens is 5. The smallest absolute Gasteiger partial charge is 0.237 e. The molecule has 0 amide bonds. The van der Waals surface area contributed by atoms with Crippen molar-refractivity contribution in [3.8, 4) is 17.4 Å². The van der Waals surface area contributed by atoms with Crippen molar-refractivity contribution < 1.29 is 4.74 Å². The van der Waals surface area contributed by atoms with Crippen LogP contribution in [0.4, 0.5) is 0 Å². The predicted molar refractivity (Wildman–Crippen MR) is 107 cm³/mol. The summed E-state index contributed by atoms with van der Waals surface area (Å²) >= 11 is 0. The lowest BCUT2D eigenvalue weighted by Gasteiger charge is -2.26. The van der Waals surface area contributed by atoms with E-state index in [9.17, 15) is 0 Å². The molecular weight excluding hydrogens is 350 g/mol. The lowest BCUT2D eigenvalue weighted by atomic mass is 9.78. The van der Waals surface area contributed by atoms with Gasteiger partial charge >= 0.3 is 0 Å². The van der Waals surface area contributed by atoms with Gasteiger partial charge in [-0.15, -0.1) is 4.80 Å². The van der Waals surface area contributed by atoms with E-state index in [0.29, 0.717) is 17.4 Å². The summed E-state index contributed by atoms with van der Waals surface area (Å²) < 4.78 is 5.82. The quantitative estimate of drug-likeness (QED) is 0.517. The van der Waals surface area contributed by atoms with Gasteiger partial charge < -0.3 is 4.74 Å². The molecule has 4 rings (SSSR count).